The Bertz CT molecular complexity index is 1230. The van der Waals surface area contributed by atoms with Gasteiger partial charge >= 0.3 is 0 Å². The zero-order valence-corrected chi connectivity index (χ0v) is 21.9. The highest BCUT2D eigenvalue weighted by atomic mass is 32.2. The van der Waals surface area contributed by atoms with Gasteiger partial charge in [0, 0.05) is 82.2 Å². The molecule has 202 valence electrons. The molecule has 4 rings (SSSR count). The summed E-state index contributed by atoms with van der Waals surface area (Å²) in [7, 11) is 0.737. The third kappa shape index (κ3) is 5.92. The van der Waals surface area contributed by atoms with Crippen molar-refractivity contribution in [1.82, 2.24) is 13.5 Å². The van der Waals surface area contributed by atoms with Crippen LogP contribution in [0.5, 0.6) is 5.75 Å². The molecule has 8 nitrogen and oxygen atoms in total. The molecule has 0 bridgehead atoms. The Labute approximate surface area is 215 Å². The van der Waals surface area contributed by atoms with E-state index in [1.54, 1.807) is 24.3 Å². The summed E-state index contributed by atoms with van der Waals surface area (Å²) in [5.74, 6) is -2.73. The molecule has 2 N–H and O–H groups in total. The number of methoxy groups -OCH3 is 1. The Morgan fingerprint density at radius 1 is 1.19 bits per heavy atom. The second-order valence-electron chi connectivity index (χ2n) is 9.75. The van der Waals surface area contributed by atoms with Crippen LogP contribution in [0.1, 0.15) is 30.0 Å². The van der Waals surface area contributed by atoms with Crippen LogP contribution in [0.3, 0.4) is 0 Å². The molecule has 1 aliphatic carbocycles. The first-order valence-corrected chi connectivity index (χ1v) is 13.4. The van der Waals surface area contributed by atoms with Gasteiger partial charge in [0.2, 0.25) is 5.92 Å². The maximum atomic E-state index is 13.5. The molecule has 0 radical (unpaired) electrons. The lowest BCUT2D eigenvalue weighted by atomic mass is 9.80. The standard InChI is InChI=1S/C25H32F3N5O3S/c1-31(2)37(34,35)33-9-8-32(15-17-12-25(27,28)13-17)23(16-33)21-10-18(14-29)22(11-24(21)36-3)30-20-6-4-19(26)5-7-20/h4-7,10-11,14,17,23,29-30H,8-9,12-13,15-16H2,1-3H3. The quantitative estimate of drug-likeness (QED) is 0.469. The molecule has 1 heterocycles. The number of nitrogens with one attached hydrogen (secondary N) is 2. The van der Waals surface area contributed by atoms with Crippen molar-refractivity contribution in [2.75, 3.05) is 52.7 Å². The molecule has 0 spiro atoms. The molecule has 2 fully saturated rings. The molecule has 1 atom stereocenters. The number of anilines is 2. The molecule has 37 heavy (non-hydrogen) atoms. The summed E-state index contributed by atoms with van der Waals surface area (Å²) in [4.78, 5) is 2.04. The number of piperazine rings is 1. The average Bonchev–Trinajstić information content (AvgIpc) is 2.84. The number of nitrogens with zero attached hydrogens (tertiary/aromatic N) is 3. The molecule has 0 aromatic heterocycles. The van der Waals surface area contributed by atoms with E-state index in [1.807, 2.05) is 4.90 Å². The Hall–Kier alpha value is -2.67. The molecule has 1 saturated heterocycles. The summed E-state index contributed by atoms with van der Waals surface area (Å²) in [5, 5.41) is 11.2. The highest BCUT2D eigenvalue weighted by Gasteiger charge is 2.47. The summed E-state index contributed by atoms with van der Waals surface area (Å²) in [5.41, 5.74) is 2.35. The minimum absolute atomic E-state index is 0.113. The van der Waals surface area contributed by atoms with Crippen molar-refractivity contribution in [2.45, 2.75) is 24.8 Å². The van der Waals surface area contributed by atoms with Gasteiger partial charge in [-0.15, -0.1) is 0 Å². The molecular formula is C25H32F3N5O3S. The summed E-state index contributed by atoms with van der Waals surface area (Å²) in [6, 6.07) is 8.80. The fraction of sp³-hybridized carbons (Fsp3) is 0.480. The van der Waals surface area contributed by atoms with Crippen LogP contribution in [-0.4, -0.2) is 81.4 Å². The number of hydrogen-bond donors (Lipinski definition) is 2. The SMILES string of the molecule is COc1cc(Nc2ccc(F)cc2)c(C=N)cc1C1CN(S(=O)(=O)N(C)C)CCN1CC1CC(F)(F)C1. The second kappa shape index (κ2) is 10.6. The molecule has 1 aliphatic heterocycles. The van der Waals surface area contributed by atoms with E-state index >= 15 is 0 Å². The van der Waals surface area contributed by atoms with Gasteiger partial charge in [-0.2, -0.15) is 17.0 Å². The van der Waals surface area contributed by atoms with Crippen LogP contribution in [0, 0.1) is 17.1 Å². The largest absolute Gasteiger partial charge is 0.496 e. The molecule has 2 aliphatic rings. The first-order valence-electron chi connectivity index (χ1n) is 12.0. The minimum Gasteiger partial charge on any atom is -0.496 e. The van der Waals surface area contributed by atoms with E-state index in [9.17, 15) is 21.6 Å². The number of rotatable bonds is 9. The van der Waals surface area contributed by atoms with Crippen molar-refractivity contribution < 1.29 is 26.3 Å². The van der Waals surface area contributed by atoms with Crippen LogP contribution in [0.25, 0.3) is 0 Å². The average molecular weight is 540 g/mol. The number of ether oxygens (including phenoxy) is 1. The molecule has 2 aromatic carbocycles. The summed E-state index contributed by atoms with van der Waals surface area (Å²) < 4.78 is 74.5. The number of benzene rings is 2. The van der Waals surface area contributed by atoms with Gasteiger partial charge < -0.3 is 15.5 Å². The molecule has 2 aromatic rings. The van der Waals surface area contributed by atoms with Crippen molar-refractivity contribution in [3.05, 3.63) is 53.3 Å². The van der Waals surface area contributed by atoms with Crippen molar-refractivity contribution in [3.8, 4) is 5.75 Å². The van der Waals surface area contributed by atoms with Crippen LogP contribution in [0.15, 0.2) is 36.4 Å². The fourth-order valence-electron chi connectivity index (χ4n) is 4.96. The van der Waals surface area contributed by atoms with Gasteiger partial charge in [0.25, 0.3) is 10.2 Å². The van der Waals surface area contributed by atoms with E-state index in [1.165, 1.54) is 43.9 Å². The Morgan fingerprint density at radius 2 is 1.86 bits per heavy atom. The predicted octanol–water partition coefficient (Wildman–Crippen LogP) is 4.09. The fourth-order valence-corrected chi connectivity index (χ4v) is 6.07. The first-order chi connectivity index (χ1) is 17.4. The van der Waals surface area contributed by atoms with Crippen LogP contribution >= 0.6 is 0 Å². The van der Waals surface area contributed by atoms with E-state index in [0.717, 1.165) is 4.31 Å². The van der Waals surface area contributed by atoms with Crippen molar-refractivity contribution in [2.24, 2.45) is 5.92 Å². The van der Waals surface area contributed by atoms with Crippen molar-refractivity contribution >= 4 is 27.8 Å². The van der Waals surface area contributed by atoms with Crippen LogP contribution < -0.4 is 10.1 Å². The lowest BCUT2D eigenvalue weighted by Gasteiger charge is -2.45. The molecule has 0 amide bonds. The van der Waals surface area contributed by atoms with Crippen molar-refractivity contribution in [3.63, 3.8) is 0 Å². The predicted molar refractivity (Wildman–Crippen MR) is 137 cm³/mol. The zero-order valence-electron chi connectivity index (χ0n) is 21.0. The van der Waals surface area contributed by atoms with Crippen LogP contribution in [-0.2, 0) is 10.2 Å². The Balaban J connectivity index is 1.69. The lowest BCUT2D eigenvalue weighted by Crippen LogP contribution is -2.55. The molecular weight excluding hydrogens is 507 g/mol. The van der Waals surface area contributed by atoms with E-state index in [-0.39, 0.29) is 37.7 Å². The van der Waals surface area contributed by atoms with Gasteiger partial charge in [-0.3, -0.25) is 4.90 Å². The maximum absolute atomic E-state index is 13.5. The highest BCUT2D eigenvalue weighted by molar-refractivity contribution is 7.86. The third-order valence-electron chi connectivity index (χ3n) is 6.95. The summed E-state index contributed by atoms with van der Waals surface area (Å²) in [6.07, 6.45) is 0.807. The first kappa shape index (κ1) is 27.4. The topological polar surface area (TPSA) is 89.0 Å². The third-order valence-corrected chi connectivity index (χ3v) is 8.86. The van der Waals surface area contributed by atoms with Gasteiger partial charge in [0.15, 0.2) is 0 Å². The van der Waals surface area contributed by atoms with Crippen molar-refractivity contribution in [1.29, 1.82) is 5.41 Å². The van der Waals surface area contributed by atoms with Gasteiger partial charge in [-0.05, 0) is 36.2 Å². The number of hydrogen-bond acceptors (Lipinski definition) is 6. The lowest BCUT2D eigenvalue weighted by molar-refractivity contribution is -0.120. The summed E-state index contributed by atoms with van der Waals surface area (Å²) in [6.45, 7) is 1.14. The minimum atomic E-state index is -3.70. The molecule has 1 unspecified atom stereocenters. The summed E-state index contributed by atoms with van der Waals surface area (Å²) >= 11 is 0. The Kier molecular flexibility index (Phi) is 7.84. The molecule has 12 heteroatoms. The van der Waals surface area contributed by atoms with Gasteiger partial charge in [-0.25, -0.2) is 13.2 Å². The zero-order chi connectivity index (χ0) is 27.0. The van der Waals surface area contributed by atoms with E-state index in [2.05, 4.69) is 5.32 Å². The second-order valence-corrected chi connectivity index (χ2v) is 11.9. The van der Waals surface area contributed by atoms with Gasteiger partial charge in [-0.1, -0.05) is 0 Å². The molecule has 1 saturated carbocycles. The van der Waals surface area contributed by atoms with E-state index < -0.39 is 22.2 Å². The van der Waals surface area contributed by atoms with Crippen LogP contribution in [0.2, 0.25) is 0 Å². The van der Waals surface area contributed by atoms with E-state index in [4.69, 9.17) is 10.1 Å². The van der Waals surface area contributed by atoms with Gasteiger partial charge in [0.05, 0.1) is 18.8 Å². The number of alkyl halides is 2. The highest BCUT2D eigenvalue weighted by Crippen LogP contribution is 2.45. The normalized spacial score (nSPS) is 21.0. The maximum Gasteiger partial charge on any atom is 0.281 e. The van der Waals surface area contributed by atoms with Gasteiger partial charge in [0.1, 0.15) is 11.6 Å². The van der Waals surface area contributed by atoms with Crippen LogP contribution in [0.4, 0.5) is 24.5 Å². The monoisotopic (exact) mass is 539 g/mol. The smallest absolute Gasteiger partial charge is 0.281 e. The number of halogens is 3. The van der Waals surface area contributed by atoms with E-state index in [0.29, 0.717) is 41.3 Å². The Morgan fingerprint density at radius 3 is 2.43 bits per heavy atom.